The van der Waals surface area contributed by atoms with E-state index in [4.69, 9.17) is 0 Å². The van der Waals surface area contributed by atoms with Crippen molar-refractivity contribution in [3.05, 3.63) is 37.7 Å². The second-order valence-corrected chi connectivity index (χ2v) is 5.25. The summed E-state index contributed by atoms with van der Waals surface area (Å²) in [4.78, 5) is 11.1. The van der Waals surface area contributed by atoms with E-state index in [9.17, 15) is 0 Å². The van der Waals surface area contributed by atoms with Crippen LogP contribution in [0.2, 0.25) is 0 Å². The van der Waals surface area contributed by atoms with Gasteiger partial charge in [-0.05, 0) is 31.3 Å². The Hall–Kier alpha value is -1.55. The van der Waals surface area contributed by atoms with Gasteiger partial charge >= 0.3 is 0 Å². The van der Waals surface area contributed by atoms with Gasteiger partial charge in [-0.25, -0.2) is 0 Å². The molecule has 0 N–H and O–H groups in total. The maximum absolute atomic E-state index is 4.51. The Morgan fingerprint density at radius 3 is 2.71 bits per heavy atom. The Morgan fingerprint density at radius 1 is 1.18 bits per heavy atom. The summed E-state index contributed by atoms with van der Waals surface area (Å²) in [6.45, 7) is 1.88. The molecular formula is C13H14N4-2. The number of hydrogen-bond acceptors (Lipinski definition) is 3. The van der Waals surface area contributed by atoms with Crippen LogP contribution in [-0.4, -0.2) is 26.0 Å². The molecule has 4 nitrogen and oxygen atoms in total. The summed E-state index contributed by atoms with van der Waals surface area (Å²) in [6.07, 6.45) is 5.98. The normalized spacial score (nSPS) is 21.9. The highest BCUT2D eigenvalue weighted by molar-refractivity contribution is 5.80. The van der Waals surface area contributed by atoms with Crippen LogP contribution in [0.4, 0.5) is 0 Å². The fourth-order valence-corrected chi connectivity index (χ4v) is 3.16. The van der Waals surface area contributed by atoms with Crippen molar-refractivity contribution in [1.29, 1.82) is 0 Å². The van der Waals surface area contributed by atoms with Gasteiger partial charge < -0.3 is 9.47 Å². The van der Waals surface area contributed by atoms with Crippen molar-refractivity contribution < 1.29 is 0 Å². The van der Waals surface area contributed by atoms with Gasteiger partial charge in [0.1, 0.15) is 0 Å². The van der Waals surface area contributed by atoms with Gasteiger partial charge in [-0.15, -0.1) is 7.05 Å². The van der Waals surface area contributed by atoms with Crippen LogP contribution in [0.1, 0.15) is 24.1 Å². The van der Waals surface area contributed by atoms with Crippen LogP contribution >= 0.6 is 0 Å². The van der Waals surface area contributed by atoms with E-state index in [1.807, 2.05) is 4.57 Å². The number of hydrogen-bond donors (Lipinski definition) is 0. The lowest BCUT2D eigenvalue weighted by Gasteiger charge is -2.39. The van der Waals surface area contributed by atoms with Crippen LogP contribution < -0.4 is 0 Å². The molecule has 88 valence electrons. The molecule has 1 fully saturated rings. The summed E-state index contributed by atoms with van der Waals surface area (Å²) in [6, 6.07) is 0. The lowest BCUT2D eigenvalue weighted by molar-refractivity contribution is 0.295. The molecule has 0 amide bonds. The summed E-state index contributed by atoms with van der Waals surface area (Å²) < 4.78 is 1.94. The molecule has 2 aromatic heterocycles. The van der Waals surface area contributed by atoms with Crippen molar-refractivity contribution in [2.75, 3.05) is 6.54 Å². The number of fused-ring (bicyclic) bond motifs is 4. The van der Waals surface area contributed by atoms with E-state index < -0.39 is 0 Å². The van der Waals surface area contributed by atoms with E-state index in [2.05, 4.69) is 29.0 Å². The fourth-order valence-electron chi connectivity index (χ4n) is 3.16. The van der Waals surface area contributed by atoms with Gasteiger partial charge in [0.05, 0.1) is 5.65 Å². The quantitative estimate of drug-likeness (QED) is 0.641. The van der Waals surface area contributed by atoms with Gasteiger partial charge in [-0.3, -0.25) is 17.0 Å². The summed E-state index contributed by atoms with van der Waals surface area (Å²) in [5, 5.41) is 0. The Bertz CT molecular complexity index is 609. The van der Waals surface area contributed by atoms with Crippen LogP contribution in [0.3, 0.4) is 0 Å². The third-order valence-corrected chi connectivity index (χ3v) is 4.07. The average molecular weight is 226 g/mol. The summed E-state index contributed by atoms with van der Waals surface area (Å²) >= 11 is 0. The van der Waals surface area contributed by atoms with Crippen LogP contribution in [0.5, 0.6) is 0 Å². The lowest BCUT2D eigenvalue weighted by atomic mass is 9.91. The number of aromatic nitrogens is 3. The molecule has 1 aliphatic carbocycles. The topological polar surface area (TPSA) is 34.0 Å². The number of rotatable bonds is 0. The van der Waals surface area contributed by atoms with Crippen LogP contribution in [0, 0.1) is 14.1 Å². The average Bonchev–Trinajstić information content (AvgIpc) is 3.01. The fraction of sp³-hybridized carbons (Fsp3) is 0.385. The van der Waals surface area contributed by atoms with Crippen molar-refractivity contribution in [3.63, 3.8) is 0 Å². The Kier molecular flexibility index (Phi) is 1.57. The minimum Gasteiger partial charge on any atom is -0.467 e. The van der Waals surface area contributed by atoms with E-state index in [-0.39, 0.29) is 5.41 Å². The molecule has 0 unspecified atom stereocenters. The molecule has 0 bridgehead atoms. The van der Waals surface area contributed by atoms with E-state index in [0.717, 1.165) is 24.3 Å². The molecule has 1 aliphatic heterocycles. The maximum atomic E-state index is 4.51. The number of nitrogens with zero attached hydrogens (tertiary/aromatic N) is 4. The third-order valence-electron chi connectivity index (χ3n) is 4.07. The largest absolute Gasteiger partial charge is 0.467 e. The summed E-state index contributed by atoms with van der Waals surface area (Å²) in [5.41, 5.74) is 4.86. The molecule has 0 radical (unpaired) electrons. The van der Waals surface area contributed by atoms with Crippen molar-refractivity contribution in [2.24, 2.45) is 0 Å². The minimum absolute atomic E-state index is 0.284. The minimum atomic E-state index is 0.284. The van der Waals surface area contributed by atoms with Gasteiger partial charge in [-0.2, -0.15) is 0 Å². The van der Waals surface area contributed by atoms with E-state index in [0.29, 0.717) is 0 Å². The van der Waals surface area contributed by atoms with E-state index in [1.165, 1.54) is 24.1 Å². The van der Waals surface area contributed by atoms with Crippen molar-refractivity contribution in [3.8, 4) is 0 Å². The molecule has 1 spiro atoms. The highest BCUT2D eigenvalue weighted by atomic mass is 15.2. The summed E-state index contributed by atoms with van der Waals surface area (Å²) in [7, 11) is 8.20. The molecule has 0 atom stereocenters. The van der Waals surface area contributed by atoms with Crippen LogP contribution in [-0.2, 0) is 12.0 Å². The van der Waals surface area contributed by atoms with Gasteiger partial charge in [0.15, 0.2) is 0 Å². The monoisotopic (exact) mass is 226 g/mol. The Balaban J connectivity index is 2.10. The summed E-state index contributed by atoms with van der Waals surface area (Å²) in [5.74, 6) is 0. The van der Waals surface area contributed by atoms with Crippen molar-refractivity contribution in [1.82, 2.24) is 19.4 Å². The predicted molar refractivity (Wildman–Crippen MR) is 65.0 cm³/mol. The highest BCUT2D eigenvalue weighted by Gasteiger charge is 2.47. The second kappa shape index (κ2) is 2.82. The van der Waals surface area contributed by atoms with Crippen molar-refractivity contribution in [2.45, 2.75) is 24.8 Å². The van der Waals surface area contributed by atoms with Crippen LogP contribution in [0.15, 0.2) is 12.4 Å². The zero-order chi connectivity index (χ0) is 11.6. The molecule has 0 aromatic carbocycles. The lowest BCUT2D eigenvalue weighted by Crippen LogP contribution is -2.34. The van der Waals surface area contributed by atoms with Gasteiger partial charge in [0, 0.05) is 17.9 Å². The standard InChI is InChI=1S/C13H14N4/c1-16-7-9-10(13(8-16)3-4-13)11-12(17(9)2)15-6-5-14-11/h5-6H,1-4,7-8H2/q-2. The molecule has 0 saturated heterocycles. The first-order valence-electron chi connectivity index (χ1n) is 5.92. The molecular weight excluding hydrogens is 212 g/mol. The zero-order valence-corrected chi connectivity index (χ0v) is 9.69. The molecule has 4 heteroatoms. The first-order chi connectivity index (χ1) is 8.21. The van der Waals surface area contributed by atoms with Crippen LogP contribution in [0.25, 0.3) is 11.2 Å². The maximum Gasteiger partial charge on any atom is 0.0510 e. The smallest absolute Gasteiger partial charge is 0.0510 e. The van der Waals surface area contributed by atoms with Gasteiger partial charge in [0.25, 0.3) is 0 Å². The molecule has 17 heavy (non-hydrogen) atoms. The molecule has 2 aromatic rings. The zero-order valence-electron chi connectivity index (χ0n) is 9.69. The van der Waals surface area contributed by atoms with Gasteiger partial charge in [-0.1, -0.05) is 11.3 Å². The second-order valence-electron chi connectivity index (χ2n) is 5.25. The van der Waals surface area contributed by atoms with E-state index in [1.54, 1.807) is 12.4 Å². The predicted octanol–water partition coefficient (Wildman–Crippen LogP) is 1.71. The molecule has 2 aliphatic rings. The molecule has 3 heterocycles. The molecule has 1 saturated carbocycles. The Labute approximate surface area is 100 Å². The van der Waals surface area contributed by atoms with Gasteiger partial charge in [0.2, 0.25) is 0 Å². The first-order valence-corrected chi connectivity index (χ1v) is 5.92. The van der Waals surface area contributed by atoms with Crippen molar-refractivity contribution >= 4 is 11.2 Å². The first kappa shape index (κ1) is 9.48. The van der Waals surface area contributed by atoms with E-state index >= 15 is 0 Å². The molecule has 4 rings (SSSR count). The SMILES string of the molecule is [CH2-]N1Cc2c(c3nccnc3n2[CH2-])C2(CC2)C1. The highest BCUT2D eigenvalue weighted by Crippen LogP contribution is 2.54. The Morgan fingerprint density at radius 2 is 1.94 bits per heavy atom. The third kappa shape index (κ3) is 1.08.